The number of amides is 2. The first-order valence-corrected chi connectivity index (χ1v) is 9.76. The Balaban J connectivity index is 1.48. The number of benzene rings is 2. The number of piperazine rings is 1. The van der Waals surface area contributed by atoms with Gasteiger partial charge >= 0.3 is 0 Å². The number of nitrogens with zero attached hydrogens (tertiary/aromatic N) is 4. The maximum Gasteiger partial charge on any atom is 0.275 e. The molecule has 2 heterocycles. The average Bonchev–Trinajstić information content (AvgIpc) is 3.15. The number of carbonyl (C=O) groups is 2. The molecule has 1 saturated heterocycles. The summed E-state index contributed by atoms with van der Waals surface area (Å²) in [4.78, 5) is 39.3. The van der Waals surface area contributed by atoms with Crippen LogP contribution in [0.25, 0.3) is 10.9 Å². The van der Waals surface area contributed by atoms with Gasteiger partial charge in [-0.3, -0.25) is 24.8 Å². The number of non-ortho nitro benzene ring substituents is 1. The Kier molecular flexibility index (Phi) is 5.31. The Hall–Kier alpha value is -3.17. The van der Waals surface area contributed by atoms with Gasteiger partial charge in [0.25, 0.3) is 17.5 Å². The molecule has 0 bridgehead atoms. The van der Waals surface area contributed by atoms with Crippen molar-refractivity contribution in [1.29, 1.82) is 0 Å². The molecule has 1 aliphatic heterocycles. The number of nitrogens with one attached hydrogen (secondary N) is 1. The van der Waals surface area contributed by atoms with E-state index in [0.29, 0.717) is 52.7 Å². The molecule has 154 valence electrons. The molecular formula is C19H15Cl2N5O4. The van der Waals surface area contributed by atoms with E-state index >= 15 is 0 Å². The summed E-state index contributed by atoms with van der Waals surface area (Å²) in [7, 11) is 0. The Bertz CT molecular complexity index is 1150. The highest BCUT2D eigenvalue weighted by atomic mass is 35.5. The summed E-state index contributed by atoms with van der Waals surface area (Å²) in [6.45, 7) is 1.28. The standard InChI is InChI=1S/C19H15Cl2N5O4/c20-12-7-11(8-13(21)9-12)18(27)24-3-5-25(6-4-24)19(28)17-15-10-14(26(29)30)1-2-16(15)22-23-17/h1-2,7-10H,3-6H2,(H,22,23). The summed E-state index contributed by atoms with van der Waals surface area (Å²) in [6.07, 6.45) is 0. The van der Waals surface area contributed by atoms with E-state index in [2.05, 4.69) is 10.2 Å². The largest absolute Gasteiger partial charge is 0.335 e. The molecule has 30 heavy (non-hydrogen) atoms. The molecule has 0 atom stereocenters. The van der Waals surface area contributed by atoms with Crippen LogP contribution in [0.3, 0.4) is 0 Å². The monoisotopic (exact) mass is 447 g/mol. The minimum atomic E-state index is -0.521. The van der Waals surface area contributed by atoms with E-state index in [1.807, 2.05) is 0 Å². The van der Waals surface area contributed by atoms with Crippen molar-refractivity contribution in [3.63, 3.8) is 0 Å². The van der Waals surface area contributed by atoms with Crippen LogP contribution in [0, 0.1) is 10.1 Å². The smallest absolute Gasteiger partial charge is 0.275 e. The number of halogens is 2. The lowest BCUT2D eigenvalue weighted by molar-refractivity contribution is -0.384. The zero-order valence-corrected chi connectivity index (χ0v) is 17.0. The normalized spacial score (nSPS) is 14.2. The van der Waals surface area contributed by atoms with Crippen LogP contribution < -0.4 is 0 Å². The van der Waals surface area contributed by atoms with Gasteiger partial charge in [0.15, 0.2) is 5.69 Å². The fourth-order valence-corrected chi connectivity index (χ4v) is 3.93. The third-order valence-corrected chi connectivity index (χ3v) is 5.36. The Labute approximate surface area is 180 Å². The minimum absolute atomic E-state index is 0.117. The van der Waals surface area contributed by atoms with Crippen molar-refractivity contribution in [1.82, 2.24) is 20.0 Å². The van der Waals surface area contributed by atoms with Crippen LogP contribution in [0.15, 0.2) is 36.4 Å². The van der Waals surface area contributed by atoms with Gasteiger partial charge in [0.05, 0.1) is 10.4 Å². The number of hydrogen-bond acceptors (Lipinski definition) is 5. The van der Waals surface area contributed by atoms with Gasteiger partial charge in [0.1, 0.15) is 0 Å². The topological polar surface area (TPSA) is 112 Å². The molecule has 0 unspecified atom stereocenters. The Morgan fingerprint density at radius 2 is 1.57 bits per heavy atom. The molecule has 1 aromatic heterocycles. The molecular weight excluding hydrogens is 433 g/mol. The van der Waals surface area contributed by atoms with E-state index in [9.17, 15) is 19.7 Å². The molecule has 11 heteroatoms. The lowest BCUT2D eigenvalue weighted by Crippen LogP contribution is -2.50. The molecule has 0 spiro atoms. The summed E-state index contributed by atoms with van der Waals surface area (Å²) < 4.78 is 0. The van der Waals surface area contributed by atoms with Crippen molar-refractivity contribution in [2.75, 3.05) is 26.2 Å². The van der Waals surface area contributed by atoms with Gasteiger partial charge in [-0.1, -0.05) is 23.2 Å². The number of aromatic nitrogens is 2. The second-order valence-corrected chi connectivity index (χ2v) is 7.67. The second-order valence-electron chi connectivity index (χ2n) is 6.80. The van der Waals surface area contributed by atoms with Crippen LogP contribution in [-0.2, 0) is 0 Å². The van der Waals surface area contributed by atoms with Crippen LogP contribution in [0.1, 0.15) is 20.8 Å². The van der Waals surface area contributed by atoms with Crippen LogP contribution in [-0.4, -0.2) is 62.9 Å². The van der Waals surface area contributed by atoms with Crippen LogP contribution in [0.2, 0.25) is 10.0 Å². The molecule has 1 fully saturated rings. The van der Waals surface area contributed by atoms with Gasteiger partial charge in [-0.15, -0.1) is 0 Å². The molecule has 0 radical (unpaired) electrons. The van der Waals surface area contributed by atoms with E-state index in [-0.39, 0.29) is 23.2 Å². The number of nitro groups is 1. The van der Waals surface area contributed by atoms with Gasteiger partial charge in [0.2, 0.25) is 0 Å². The third kappa shape index (κ3) is 3.81. The molecule has 1 aliphatic rings. The van der Waals surface area contributed by atoms with Crippen molar-refractivity contribution in [3.8, 4) is 0 Å². The average molecular weight is 448 g/mol. The third-order valence-electron chi connectivity index (χ3n) is 4.92. The lowest BCUT2D eigenvalue weighted by Gasteiger charge is -2.34. The summed E-state index contributed by atoms with van der Waals surface area (Å²) in [5, 5.41) is 18.9. The number of carbonyl (C=O) groups excluding carboxylic acids is 2. The molecule has 9 nitrogen and oxygen atoms in total. The zero-order chi connectivity index (χ0) is 21.4. The van der Waals surface area contributed by atoms with E-state index in [1.54, 1.807) is 28.0 Å². The first-order chi connectivity index (χ1) is 14.3. The highest BCUT2D eigenvalue weighted by Gasteiger charge is 2.28. The molecule has 3 aromatic rings. The summed E-state index contributed by atoms with van der Waals surface area (Å²) in [5.41, 5.74) is 0.928. The maximum absolute atomic E-state index is 12.9. The summed E-state index contributed by atoms with van der Waals surface area (Å²) in [6, 6.07) is 8.85. The molecule has 0 saturated carbocycles. The highest BCUT2D eigenvalue weighted by Crippen LogP contribution is 2.24. The van der Waals surface area contributed by atoms with Gasteiger partial charge in [-0.25, -0.2) is 0 Å². The van der Waals surface area contributed by atoms with E-state index in [4.69, 9.17) is 23.2 Å². The summed E-state index contributed by atoms with van der Waals surface area (Å²) >= 11 is 11.9. The zero-order valence-electron chi connectivity index (χ0n) is 15.5. The van der Waals surface area contributed by atoms with Gasteiger partial charge in [0, 0.05) is 59.3 Å². The van der Waals surface area contributed by atoms with Gasteiger partial charge < -0.3 is 9.80 Å². The first-order valence-electron chi connectivity index (χ1n) is 9.00. The van der Waals surface area contributed by atoms with Crippen molar-refractivity contribution in [3.05, 3.63) is 67.8 Å². The Morgan fingerprint density at radius 1 is 0.967 bits per heavy atom. The first kappa shape index (κ1) is 20.1. The number of hydrogen-bond donors (Lipinski definition) is 1. The van der Waals surface area contributed by atoms with E-state index < -0.39 is 4.92 Å². The van der Waals surface area contributed by atoms with Crippen LogP contribution >= 0.6 is 23.2 Å². The predicted octanol–water partition coefficient (Wildman–Crippen LogP) is 3.38. The molecule has 0 aliphatic carbocycles. The molecule has 2 aromatic carbocycles. The highest BCUT2D eigenvalue weighted by molar-refractivity contribution is 6.35. The number of aromatic amines is 1. The number of H-pyrrole nitrogens is 1. The van der Waals surface area contributed by atoms with Crippen LogP contribution in [0.5, 0.6) is 0 Å². The second kappa shape index (κ2) is 7.92. The van der Waals surface area contributed by atoms with Gasteiger partial charge in [-0.2, -0.15) is 5.10 Å². The fraction of sp³-hybridized carbons (Fsp3) is 0.211. The maximum atomic E-state index is 12.9. The van der Waals surface area contributed by atoms with Crippen molar-refractivity contribution in [2.24, 2.45) is 0 Å². The minimum Gasteiger partial charge on any atom is -0.335 e. The van der Waals surface area contributed by atoms with E-state index in [1.165, 1.54) is 18.2 Å². The van der Waals surface area contributed by atoms with Crippen molar-refractivity contribution in [2.45, 2.75) is 0 Å². The molecule has 1 N–H and O–H groups in total. The van der Waals surface area contributed by atoms with Crippen molar-refractivity contribution >= 4 is 51.6 Å². The van der Waals surface area contributed by atoms with Gasteiger partial charge in [-0.05, 0) is 24.3 Å². The number of rotatable bonds is 3. The summed E-state index contributed by atoms with van der Waals surface area (Å²) in [5.74, 6) is -0.563. The number of nitro benzene ring substituents is 1. The molecule has 4 rings (SSSR count). The number of fused-ring (bicyclic) bond motifs is 1. The SMILES string of the molecule is O=C(c1cc(Cl)cc(Cl)c1)N1CCN(C(=O)c2n[nH]c3ccc([N+](=O)[O-])cc23)CC1. The lowest BCUT2D eigenvalue weighted by atomic mass is 10.1. The van der Waals surface area contributed by atoms with E-state index in [0.717, 1.165) is 0 Å². The Morgan fingerprint density at radius 3 is 2.17 bits per heavy atom. The fourth-order valence-electron chi connectivity index (χ4n) is 3.40. The quantitative estimate of drug-likeness (QED) is 0.488. The van der Waals surface area contributed by atoms with Crippen molar-refractivity contribution < 1.29 is 14.5 Å². The van der Waals surface area contributed by atoms with Crippen LogP contribution in [0.4, 0.5) is 5.69 Å². The predicted molar refractivity (Wildman–Crippen MR) is 111 cm³/mol. The molecule has 2 amide bonds.